The van der Waals surface area contributed by atoms with E-state index >= 15 is 0 Å². The fourth-order valence-corrected chi connectivity index (χ4v) is 1.97. The van der Waals surface area contributed by atoms with Gasteiger partial charge in [0.2, 0.25) is 11.7 Å². The molecule has 2 aromatic heterocycles. The number of nitrogens with zero attached hydrogens (tertiary/aromatic N) is 5. The quantitative estimate of drug-likeness (QED) is 0.785. The molecule has 3 rings (SSSR count). The summed E-state index contributed by atoms with van der Waals surface area (Å²) in [6.45, 7) is 3.95. The van der Waals surface area contributed by atoms with Crippen molar-refractivity contribution in [1.82, 2.24) is 25.1 Å². The summed E-state index contributed by atoms with van der Waals surface area (Å²) in [5.74, 6) is 0.995. The summed E-state index contributed by atoms with van der Waals surface area (Å²) in [6.07, 6.45) is 1.01. The van der Waals surface area contributed by atoms with Crippen molar-refractivity contribution in [3.8, 4) is 11.4 Å². The highest BCUT2D eigenvalue weighted by Crippen LogP contribution is 2.20. The Morgan fingerprint density at radius 2 is 2.14 bits per heavy atom. The van der Waals surface area contributed by atoms with E-state index < -0.39 is 6.10 Å². The second kappa shape index (κ2) is 5.45. The van der Waals surface area contributed by atoms with Crippen molar-refractivity contribution in [3.63, 3.8) is 0 Å². The van der Waals surface area contributed by atoms with Gasteiger partial charge in [0.05, 0.1) is 12.3 Å². The Morgan fingerprint density at radius 1 is 1.33 bits per heavy atom. The molecule has 0 radical (unpaired) electrons. The standard InChI is InChI=1S/C14H15N5O2/c1-9-5-3-4-6-11(9)14-15-13(21-17-14)8-19-7-12(10(2)20)16-18-19/h3-7,10,20H,8H2,1-2H3. The maximum atomic E-state index is 9.42. The molecule has 0 amide bonds. The van der Waals surface area contributed by atoms with E-state index in [1.54, 1.807) is 17.8 Å². The molecular weight excluding hydrogens is 270 g/mol. The van der Waals surface area contributed by atoms with Gasteiger partial charge in [0.25, 0.3) is 0 Å². The largest absolute Gasteiger partial charge is 0.387 e. The Balaban J connectivity index is 1.80. The minimum atomic E-state index is -0.649. The van der Waals surface area contributed by atoms with Crippen LogP contribution in [0.3, 0.4) is 0 Å². The molecule has 1 aromatic carbocycles. The summed E-state index contributed by atoms with van der Waals surface area (Å²) in [6, 6.07) is 7.85. The van der Waals surface area contributed by atoms with Crippen molar-refractivity contribution in [1.29, 1.82) is 0 Å². The molecule has 7 heteroatoms. The van der Waals surface area contributed by atoms with Gasteiger partial charge in [-0.05, 0) is 19.4 Å². The highest BCUT2D eigenvalue weighted by molar-refractivity contribution is 5.58. The molecule has 0 spiro atoms. The second-order valence-corrected chi connectivity index (χ2v) is 4.84. The highest BCUT2D eigenvalue weighted by Gasteiger charge is 2.12. The van der Waals surface area contributed by atoms with E-state index in [0.717, 1.165) is 11.1 Å². The van der Waals surface area contributed by atoms with Crippen LogP contribution >= 0.6 is 0 Å². The van der Waals surface area contributed by atoms with Crippen molar-refractivity contribution in [2.75, 3.05) is 0 Å². The minimum absolute atomic E-state index is 0.318. The van der Waals surface area contributed by atoms with Gasteiger partial charge in [0, 0.05) is 5.56 Å². The maximum absolute atomic E-state index is 9.42. The van der Waals surface area contributed by atoms with Gasteiger partial charge in [0.1, 0.15) is 12.2 Å². The number of hydrogen-bond donors (Lipinski definition) is 1. The van der Waals surface area contributed by atoms with Crippen LogP contribution in [0, 0.1) is 6.92 Å². The Kier molecular flexibility index (Phi) is 3.49. The summed E-state index contributed by atoms with van der Waals surface area (Å²) in [7, 11) is 0. The molecule has 0 saturated heterocycles. The lowest BCUT2D eigenvalue weighted by molar-refractivity contribution is 0.194. The van der Waals surface area contributed by atoms with E-state index in [1.165, 1.54) is 0 Å². The first-order chi connectivity index (χ1) is 10.1. The molecule has 1 atom stereocenters. The third-order valence-electron chi connectivity index (χ3n) is 3.14. The normalized spacial score (nSPS) is 12.5. The minimum Gasteiger partial charge on any atom is -0.387 e. The lowest BCUT2D eigenvalue weighted by Gasteiger charge is -1.98. The molecule has 2 heterocycles. The lowest BCUT2D eigenvalue weighted by atomic mass is 10.1. The Labute approximate surface area is 121 Å². The molecule has 0 bridgehead atoms. The van der Waals surface area contributed by atoms with Gasteiger partial charge < -0.3 is 9.63 Å². The SMILES string of the molecule is Cc1ccccc1-c1noc(Cn2cc(C(C)O)nn2)n1. The molecule has 0 fully saturated rings. The molecule has 0 aliphatic heterocycles. The molecule has 7 nitrogen and oxygen atoms in total. The molecule has 1 N–H and O–H groups in total. The van der Waals surface area contributed by atoms with E-state index in [0.29, 0.717) is 24.0 Å². The number of aryl methyl sites for hydroxylation is 1. The van der Waals surface area contributed by atoms with Crippen LogP contribution in [0.15, 0.2) is 35.0 Å². The Bertz CT molecular complexity index is 747. The van der Waals surface area contributed by atoms with Gasteiger partial charge >= 0.3 is 0 Å². The van der Waals surface area contributed by atoms with Crippen LogP contribution in [-0.2, 0) is 6.54 Å². The van der Waals surface area contributed by atoms with Crippen molar-refractivity contribution in [3.05, 3.63) is 47.6 Å². The van der Waals surface area contributed by atoms with Gasteiger partial charge in [-0.15, -0.1) is 5.10 Å². The van der Waals surface area contributed by atoms with Gasteiger partial charge in [0.15, 0.2) is 0 Å². The third kappa shape index (κ3) is 2.82. The maximum Gasteiger partial charge on any atom is 0.248 e. The van der Waals surface area contributed by atoms with E-state index in [9.17, 15) is 5.11 Å². The molecule has 0 aliphatic rings. The third-order valence-corrected chi connectivity index (χ3v) is 3.14. The van der Waals surface area contributed by atoms with Crippen LogP contribution in [0.25, 0.3) is 11.4 Å². The average molecular weight is 285 g/mol. The number of benzene rings is 1. The van der Waals surface area contributed by atoms with Crippen molar-refractivity contribution >= 4 is 0 Å². The van der Waals surface area contributed by atoms with Crippen molar-refractivity contribution in [2.24, 2.45) is 0 Å². The molecular formula is C14H15N5O2. The van der Waals surface area contributed by atoms with E-state index in [1.807, 2.05) is 31.2 Å². The predicted octanol–water partition coefficient (Wildman–Crippen LogP) is 1.74. The van der Waals surface area contributed by atoms with Gasteiger partial charge in [-0.2, -0.15) is 4.98 Å². The molecule has 3 aromatic rings. The van der Waals surface area contributed by atoms with Gasteiger partial charge in [-0.3, -0.25) is 0 Å². The van der Waals surface area contributed by atoms with Crippen molar-refractivity contribution < 1.29 is 9.63 Å². The van der Waals surface area contributed by atoms with Crippen LogP contribution in [0.2, 0.25) is 0 Å². The van der Waals surface area contributed by atoms with E-state index in [-0.39, 0.29) is 0 Å². The van der Waals surface area contributed by atoms with Crippen LogP contribution in [0.5, 0.6) is 0 Å². The second-order valence-electron chi connectivity index (χ2n) is 4.84. The lowest BCUT2D eigenvalue weighted by Crippen LogP contribution is -2.00. The summed E-state index contributed by atoms with van der Waals surface area (Å²) >= 11 is 0. The number of aliphatic hydroxyl groups excluding tert-OH is 1. The first-order valence-electron chi connectivity index (χ1n) is 6.60. The molecule has 0 aliphatic carbocycles. The molecule has 1 unspecified atom stereocenters. The Hall–Kier alpha value is -2.54. The van der Waals surface area contributed by atoms with Crippen LogP contribution in [0.4, 0.5) is 0 Å². The van der Waals surface area contributed by atoms with E-state index in [2.05, 4.69) is 20.5 Å². The number of hydrogen-bond acceptors (Lipinski definition) is 6. The molecule has 108 valence electrons. The first kappa shape index (κ1) is 13.4. The van der Waals surface area contributed by atoms with Crippen LogP contribution in [-0.4, -0.2) is 30.2 Å². The van der Waals surface area contributed by atoms with Crippen LogP contribution in [0.1, 0.15) is 30.2 Å². The topological polar surface area (TPSA) is 89.9 Å². The summed E-state index contributed by atoms with van der Waals surface area (Å²) in [5.41, 5.74) is 2.53. The monoisotopic (exact) mass is 285 g/mol. The zero-order valence-electron chi connectivity index (χ0n) is 11.8. The first-order valence-corrected chi connectivity index (χ1v) is 6.60. The zero-order chi connectivity index (χ0) is 14.8. The van der Waals surface area contributed by atoms with Crippen molar-refractivity contribution in [2.45, 2.75) is 26.5 Å². The van der Waals surface area contributed by atoms with Crippen LogP contribution < -0.4 is 0 Å². The highest BCUT2D eigenvalue weighted by atomic mass is 16.5. The predicted molar refractivity (Wildman–Crippen MR) is 74.2 cm³/mol. The fourth-order valence-electron chi connectivity index (χ4n) is 1.97. The smallest absolute Gasteiger partial charge is 0.248 e. The van der Waals surface area contributed by atoms with Gasteiger partial charge in [-0.1, -0.05) is 34.6 Å². The number of aromatic nitrogens is 5. The van der Waals surface area contributed by atoms with E-state index in [4.69, 9.17) is 4.52 Å². The number of aliphatic hydroxyl groups is 1. The summed E-state index contributed by atoms with van der Waals surface area (Å²) < 4.78 is 6.79. The number of rotatable bonds is 4. The Morgan fingerprint density at radius 3 is 2.86 bits per heavy atom. The fraction of sp³-hybridized carbons (Fsp3) is 0.286. The summed E-state index contributed by atoms with van der Waals surface area (Å²) in [4.78, 5) is 4.36. The molecule has 21 heavy (non-hydrogen) atoms. The molecule has 0 saturated carbocycles. The summed E-state index contributed by atoms with van der Waals surface area (Å²) in [5, 5.41) is 21.2. The average Bonchev–Trinajstić information content (AvgIpc) is 3.09. The zero-order valence-corrected chi connectivity index (χ0v) is 11.8. The van der Waals surface area contributed by atoms with Gasteiger partial charge in [-0.25, -0.2) is 4.68 Å².